The smallest absolute Gasteiger partial charge is 0.227 e. The number of aliphatic imine (C=N–C) groups is 1. The molecule has 0 saturated heterocycles. The molecule has 0 atom stereocenters. The molecule has 0 aliphatic rings. The molecule has 4 nitrogen and oxygen atoms in total. The van der Waals surface area contributed by atoms with Gasteiger partial charge in [0.05, 0.1) is 5.69 Å². The van der Waals surface area contributed by atoms with E-state index >= 15 is 0 Å². The quantitative estimate of drug-likeness (QED) is 0.369. The summed E-state index contributed by atoms with van der Waals surface area (Å²) in [5.41, 5.74) is 5.03. The van der Waals surface area contributed by atoms with Gasteiger partial charge in [-0.15, -0.1) is 0 Å². The van der Waals surface area contributed by atoms with E-state index in [1.54, 1.807) is 12.3 Å². The fourth-order valence-electron chi connectivity index (χ4n) is 3.37. The number of phenolic OH excluding ortho intramolecular Hbond substituents is 1. The number of oxazole rings is 1. The van der Waals surface area contributed by atoms with Gasteiger partial charge in [-0.05, 0) is 48.0 Å². The van der Waals surface area contributed by atoms with E-state index in [1.807, 2.05) is 79.7 Å². The van der Waals surface area contributed by atoms with Crippen molar-refractivity contribution in [2.45, 2.75) is 6.92 Å². The first kappa shape index (κ1) is 17.2. The zero-order chi connectivity index (χ0) is 19.8. The summed E-state index contributed by atoms with van der Waals surface area (Å²) in [7, 11) is 0. The summed E-state index contributed by atoms with van der Waals surface area (Å²) in [5.74, 6) is 0.794. The second-order valence-electron chi connectivity index (χ2n) is 7.01. The monoisotopic (exact) mass is 378 g/mol. The van der Waals surface area contributed by atoms with Crippen molar-refractivity contribution in [3.63, 3.8) is 0 Å². The van der Waals surface area contributed by atoms with E-state index in [-0.39, 0.29) is 5.75 Å². The normalized spacial score (nSPS) is 11.6. The zero-order valence-electron chi connectivity index (χ0n) is 15.8. The van der Waals surface area contributed by atoms with E-state index < -0.39 is 0 Å². The van der Waals surface area contributed by atoms with Crippen molar-refractivity contribution in [2.75, 3.05) is 0 Å². The van der Waals surface area contributed by atoms with Gasteiger partial charge in [0.25, 0.3) is 0 Å². The van der Waals surface area contributed by atoms with Crippen LogP contribution in [0.4, 0.5) is 5.69 Å². The average molecular weight is 378 g/mol. The standard InChI is InChI=1S/C25H18N2O2/c1-16-6-8-18(9-7-16)25-27-22-12-11-19(14-24(22)29-25)26-15-21-20-5-3-2-4-17(20)10-13-23(21)28/h2-15,28H,1H3. The molecule has 0 radical (unpaired) electrons. The lowest BCUT2D eigenvalue weighted by atomic mass is 10.0. The maximum absolute atomic E-state index is 10.3. The molecule has 0 bridgehead atoms. The molecule has 5 rings (SSSR count). The highest BCUT2D eigenvalue weighted by Crippen LogP contribution is 2.29. The Bertz CT molecular complexity index is 1370. The Morgan fingerprint density at radius 2 is 1.76 bits per heavy atom. The Labute approximate surface area is 167 Å². The molecule has 0 saturated carbocycles. The first-order valence-electron chi connectivity index (χ1n) is 9.40. The zero-order valence-corrected chi connectivity index (χ0v) is 15.8. The second-order valence-corrected chi connectivity index (χ2v) is 7.01. The molecule has 1 aromatic heterocycles. The van der Waals surface area contributed by atoms with Crippen LogP contribution in [0.15, 0.2) is 88.3 Å². The molecule has 0 amide bonds. The van der Waals surface area contributed by atoms with Crippen LogP contribution in [0, 0.1) is 6.92 Å². The van der Waals surface area contributed by atoms with Crippen molar-refractivity contribution in [1.82, 2.24) is 4.98 Å². The third-order valence-electron chi connectivity index (χ3n) is 4.96. The van der Waals surface area contributed by atoms with Crippen LogP contribution >= 0.6 is 0 Å². The van der Waals surface area contributed by atoms with E-state index in [2.05, 4.69) is 9.98 Å². The molecule has 4 aromatic carbocycles. The summed E-state index contributed by atoms with van der Waals surface area (Å²) in [6.07, 6.45) is 1.69. The maximum atomic E-state index is 10.3. The van der Waals surface area contributed by atoms with Crippen molar-refractivity contribution in [3.8, 4) is 17.2 Å². The summed E-state index contributed by atoms with van der Waals surface area (Å²) < 4.78 is 5.95. The van der Waals surface area contributed by atoms with Crippen LogP contribution in [-0.4, -0.2) is 16.3 Å². The lowest BCUT2D eigenvalue weighted by Gasteiger charge is -2.04. The van der Waals surface area contributed by atoms with E-state index in [0.29, 0.717) is 17.0 Å². The van der Waals surface area contributed by atoms with Gasteiger partial charge in [0.2, 0.25) is 5.89 Å². The summed E-state index contributed by atoms with van der Waals surface area (Å²) >= 11 is 0. The summed E-state index contributed by atoms with van der Waals surface area (Å²) in [4.78, 5) is 9.13. The Morgan fingerprint density at radius 1 is 0.931 bits per heavy atom. The van der Waals surface area contributed by atoms with Gasteiger partial charge in [0.1, 0.15) is 11.3 Å². The topological polar surface area (TPSA) is 58.6 Å². The van der Waals surface area contributed by atoms with E-state index in [4.69, 9.17) is 4.42 Å². The lowest BCUT2D eigenvalue weighted by molar-refractivity contribution is 0.475. The van der Waals surface area contributed by atoms with Crippen molar-refractivity contribution in [1.29, 1.82) is 0 Å². The lowest BCUT2D eigenvalue weighted by Crippen LogP contribution is -1.85. The predicted molar refractivity (Wildman–Crippen MR) is 117 cm³/mol. The van der Waals surface area contributed by atoms with Crippen LogP contribution in [0.5, 0.6) is 5.75 Å². The SMILES string of the molecule is Cc1ccc(-c2nc3ccc(N=Cc4c(O)ccc5ccccc45)cc3o2)cc1. The number of benzene rings is 4. The molecule has 1 N–H and O–H groups in total. The summed E-state index contributed by atoms with van der Waals surface area (Å²) in [6, 6.07) is 25.2. The second kappa shape index (κ2) is 6.91. The van der Waals surface area contributed by atoms with Crippen molar-refractivity contribution < 1.29 is 9.52 Å². The Balaban J connectivity index is 1.51. The molecule has 0 fully saturated rings. The molecule has 0 spiro atoms. The number of hydrogen-bond donors (Lipinski definition) is 1. The third kappa shape index (κ3) is 3.25. The van der Waals surface area contributed by atoms with Crippen LogP contribution in [0.25, 0.3) is 33.3 Å². The first-order chi connectivity index (χ1) is 14.2. The molecule has 0 aliphatic heterocycles. The van der Waals surface area contributed by atoms with Crippen molar-refractivity contribution in [3.05, 3.63) is 90.0 Å². The van der Waals surface area contributed by atoms with Crippen LogP contribution in [-0.2, 0) is 0 Å². The number of aromatic nitrogens is 1. The van der Waals surface area contributed by atoms with Gasteiger partial charge in [-0.3, -0.25) is 4.99 Å². The Kier molecular flexibility index (Phi) is 4.10. The first-order valence-corrected chi connectivity index (χ1v) is 9.40. The molecule has 5 aromatic rings. The van der Waals surface area contributed by atoms with Crippen LogP contribution < -0.4 is 0 Å². The van der Waals surface area contributed by atoms with E-state index in [9.17, 15) is 5.11 Å². The van der Waals surface area contributed by atoms with Gasteiger partial charge in [0, 0.05) is 23.4 Å². The number of nitrogens with zero attached hydrogens (tertiary/aromatic N) is 2. The fraction of sp³-hybridized carbons (Fsp3) is 0.0400. The summed E-state index contributed by atoms with van der Waals surface area (Å²) in [6.45, 7) is 2.05. The van der Waals surface area contributed by atoms with Crippen molar-refractivity contribution >= 4 is 33.8 Å². The molecular weight excluding hydrogens is 360 g/mol. The number of phenols is 1. The van der Waals surface area contributed by atoms with Gasteiger partial charge in [-0.25, -0.2) is 4.98 Å². The van der Waals surface area contributed by atoms with Crippen LogP contribution in [0.2, 0.25) is 0 Å². The fourth-order valence-corrected chi connectivity index (χ4v) is 3.37. The van der Waals surface area contributed by atoms with Crippen molar-refractivity contribution in [2.24, 2.45) is 4.99 Å². The van der Waals surface area contributed by atoms with E-state index in [1.165, 1.54) is 5.56 Å². The van der Waals surface area contributed by atoms with Gasteiger partial charge < -0.3 is 9.52 Å². The molecule has 140 valence electrons. The largest absolute Gasteiger partial charge is 0.507 e. The van der Waals surface area contributed by atoms with Gasteiger partial charge in [-0.2, -0.15) is 0 Å². The molecular formula is C25H18N2O2. The highest BCUT2D eigenvalue weighted by Gasteiger charge is 2.09. The van der Waals surface area contributed by atoms with Gasteiger partial charge >= 0.3 is 0 Å². The number of fused-ring (bicyclic) bond motifs is 2. The number of rotatable bonds is 3. The highest BCUT2D eigenvalue weighted by atomic mass is 16.3. The molecule has 29 heavy (non-hydrogen) atoms. The maximum Gasteiger partial charge on any atom is 0.227 e. The van der Waals surface area contributed by atoms with Crippen LogP contribution in [0.1, 0.15) is 11.1 Å². The Hall–Kier alpha value is -3.92. The van der Waals surface area contributed by atoms with Crippen LogP contribution in [0.3, 0.4) is 0 Å². The number of hydrogen-bond acceptors (Lipinski definition) is 4. The highest BCUT2D eigenvalue weighted by molar-refractivity contribution is 6.03. The molecule has 1 heterocycles. The summed E-state index contributed by atoms with van der Waals surface area (Å²) in [5, 5.41) is 12.3. The third-order valence-corrected chi connectivity index (χ3v) is 4.96. The minimum absolute atomic E-state index is 0.204. The van der Waals surface area contributed by atoms with E-state index in [0.717, 1.165) is 27.5 Å². The minimum atomic E-state index is 0.204. The number of aromatic hydroxyl groups is 1. The van der Waals surface area contributed by atoms with Gasteiger partial charge in [-0.1, -0.05) is 48.0 Å². The minimum Gasteiger partial charge on any atom is -0.507 e. The van der Waals surface area contributed by atoms with Gasteiger partial charge in [0.15, 0.2) is 5.58 Å². The number of aryl methyl sites for hydroxylation is 1. The molecule has 0 unspecified atom stereocenters. The predicted octanol–water partition coefficient (Wildman–Crippen LogP) is 6.41. The Morgan fingerprint density at radius 3 is 2.62 bits per heavy atom. The average Bonchev–Trinajstić information content (AvgIpc) is 3.17. The molecule has 4 heteroatoms. The molecule has 0 aliphatic carbocycles.